The van der Waals surface area contributed by atoms with E-state index in [2.05, 4.69) is 20.3 Å². The first-order valence-corrected chi connectivity index (χ1v) is 9.13. The molecule has 0 saturated carbocycles. The molecule has 0 fully saturated rings. The standard InChI is InChI=1S/C20H21F3N6O2/c1-25-19(24)28-18(30)17-7-14-15(20(21,22)23)5-12(6-16(14)27-17)31-13-4-11(8-26-9-13)10-29(2)3/h4-9,27H,10H2,1-3H3,(H3,24,25,28,30). The largest absolute Gasteiger partial charge is 0.456 e. The average Bonchev–Trinajstić information content (AvgIpc) is 3.10. The van der Waals surface area contributed by atoms with E-state index in [1.165, 1.54) is 19.3 Å². The summed E-state index contributed by atoms with van der Waals surface area (Å²) in [5, 5.41) is 2.29. The second-order valence-electron chi connectivity index (χ2n) is 7.03. The van der Waals surface area contributed by atoms with Crippen molar-refractivity contribution in [2.75, 3.05) is 21.1 Å². The number of amides is 1. The Morgan fingerprint density at radius 1 is 1.23 bits per heavy atom. The van der Waals surface area contributed by atoms with Gasteiger partial charge in [-0.25, -0.2) is 0 Å². The van der Waals surface area contributed by atoms with Crippen molar-refractivity contribution < 1.29 is 22.7 Å². The van der Waals surface area contributed by atoms with Gasteiger partial charge in [-0.1, -0.05) is 0 Å². The number of carbonyl (C=O) groups excluding carboxylic acids is 1. The van der Waals surface area contributed by atoms with E-state index in [1.54, 1.807) is 12.3 Å². The van der Waals surface area contributed by atoms with Crippen LogP contribution in [-0.4, -0.2) is 47.9 Å². The molecular formula is C20H21F3N6O2. The summed E-state index contributed by atoms with van der Waals surface area (Å²) in [7, 11) is 5.23. The number of pyridine rings is 1. The molecule has 0 saturated heterocycles. The molecule has 0 unspecified atom stereocenters. The number of aliphatic imine (C=N–C) groups is 1. The molecule has 4 N–H and O–H groups in total. The number of nitrogens with zero attached hydrogens (tertiary/aromatic N) is 3. The van der Waals surface area contributed by atoms with E-state index in [0.717, 1.165) is 17.7 Å². The fraction of sp³-hybridized carbons (Fsp3) is 0.250. The summed E-state index contributed by atoms with van der Waals surface area (Å²) in [4.78, 5) is 24.4. The van der Waals surface area contributed by atoms with Gasteiger partial charge in [0, 0.05) is 31.2 Å². The molecule has 1 amide bonds. The maximum absolute atomic E-state index is 13.7. The van der Waals surface area contributed by atoms with Gasteiger partial charge in [-0.15, -0.1) is 0 Å². The highest BCUT2D eigenvalue weighted by atomic mass is 19.4. The first kappa shape index (κ1) is 22.1. The lowest BCUT2D eigenvalue weighted by Crippen LogP contribution is -2.28. The zero-order chi connectivity index (χ0) is 22.8. The van der Waals surface area contributed by atoms with Crippen molar-refractivity contribution in [1.82, 2.24) is 20.2 Å². The van der Waals surface area contributed by atoms with Crippen LogP contribution >= 0.6 is 0 Å². The molecule has 0 spiro atoms. The first-order valence-electron chi connectivity index (χ1n) is 9.13. The maximum atomic E-state index is 13.7. The van der Waals surface area contributed by atoms with Crippen molar-refractivity contribution in [2.24, 2.45) is 10.7 Å². The van der Waals surface area contributed by atoms with Crippen LogP contribution in [0.5, 0.6) is 11.5 Å². The molecule has 31 heavy (non-hydrogen) atoms. The minimum Gasteiger partial charge on any atom is -0.456 e. The summed E-state index contributed by atoms with van der Waals surface area (Å²) in [5.74, 6) is -0.725. The number of guanidine groups is 1. The number of nitrogens with one attached hydrogen (secondary N) is 2. The Morgan fingerprint density at radius 3 is 2.61 bits per heavy atom. The molecule has 0 aliphatic carbocycles. The number of aromatic amines is 1. The van der Waals surface area contributed by atoms with E-state index in [1.807, 2.05) is 19.0 Å². The number of nitrogens with two attached hydrogens (primary N) is 1. The van der Waals surface area contributed by atoms with Gasteiger partial charge in [-0.2, -0.15) is 18.2 Å². The number of benzene rings is 1. The third kappa shape index (κ3) is 5.31. The van der Waals surface area contributed by atoms with Gasteiger partial charge in [0.25, 0.3) is 5.91 Å². The minimum atomic E-state index is -4.67. The van der Waals surface area contributed by atoms with Gasteiger partial charge in [0.15, 0.2) is 5.96 Å². The molecule has 0 atom stereocenters. The Balaban J connectivity index is 2.03. The summed E-state index contributed by atoms with van der Waals surface area (Å²) in [5.41, 5.74) is 5.29. The lowest BCUT2D eigenvalue weighted by atomic mass is 10.1. The fourth-order valence-corrected chi connectivity index (χ4v) is 2.95. The number of ether oxygens (including phenoxy) is 1. The summed E-state index contributed by atoms with van der Waals surface area (Å²) in [6.07, 6.45) is -1.61. The Morgan fingerprint density at radius 2 is 1.97 bits per heavy atom. The molecule has 0 aliphatic rings. The van der Waals surface area contributed by atoms with Gasteiger partial charge in [0.05, 0.1) is 17.3 Å². The molecule has 164 valence electrons. The van der Waals surface area contributed by atoms with Crippen molar-refractivity contribution >= 4 is 22.8 Å². The SMILES string of the molecule is CNC(N)=NC(=O)c1cc2c(C(F)(F)F)cc(Oc3cncc(CN(C)C)c3)cc2[nH]1. The molecule has 0 bridgehead atoms. The Kier molecular flexibility index (Phi) is 6.16. The molecule has 8 nitrogen and oxygen atoms in total. The van der Waals surface area contributed by atoms with Crippen LogP contribution in [0.1, 0.15) is 21.6 Å². The maximum Gasteiger partial charge on any atom is 0.417 e. The summed E-state index contributed by atoms with van der Waals surface area (Å²) in [6.45, 7) is 0.593. The smallest absolute Gasteiger partial charge is 0.417 e. The minimum absolute atomic E-state index is 0.0530. The van der Waals surface area contributed by atoms with E-state index in [4.69, 9.17) is 10.5 Å². The van der Waals surface area contributed by atoms with Gasteiger partial charge in [0.2, 0.25) is 0 Å². The second kappa shape index (κ2) is 8.64. The third-order valence-electron chi connectivity index (χ3n) is 4.23. The molecule has 1 aromatic carbocycles. The summed E-state index contributed by atoms with van der Waals surface area (Å²) < 4.78 is 46.7. The molecular weight excluding hydrogens is 413 g/mol. The number of aromatic nitrogens is 2. The van der Waals surface area contributed by atoms with E-state index >= 15 is 0 Å². The molecule has 0 aliphatic heterocycles. The number of hydrogen-bond donors (Lipinski definition) is 3. The zero-order valence-corrected chi connectivity index (χ0v) is 17.0. The quantitative estimate of drug-likeness (QED) is 0.421. The van der Waals surface area contributed by atoms with E-state index < -0.39 is 17.6 Å². The predicted octanol–water partition coefficient (Wildman–Crippen LogP) is 3.11. The van der Waals surface area contributed by atoms with Crippen LogP contribution in [-0.2, 0) is 12.7 Å². The van der Waals surface area contributed by atoms with Crippen molar-refractivity contribution in [1.29, 1.82) is 0 Å². The van der Waals surface area contributed by atoms with Crippen LogP contribution < -0.4 is 15.8 Å². The molecule has 11 heteroatoms. The lowest BCUT2D eigenvalue weighted by Gasteiger charge is -2.13. The molecule has 3 aromatic rings. The number of fused-ring (bicyclic) bond motifs is 1. The van der Waals surface area contributed by atoms with Crippen LogP contribution in [0.2, 0.25) is 0 Å². The summed E-state index contributed by atoms with van der Waals surface area (Å²) >= 11 is 0. The van der Waals surface area contributed by atoms with Crippen molar-refractivity contribution in [3.8, 4) is 11.5 Å². The van der Waals surface area contributed by atoms with Crippen molar-refractivity contribution in [3.63, 3.8) is 0 Å². The van der Waals surface area contributed by atoms with Crippen molar-refractivity contribution in [2.45, 2.75) is 12.7 Å². The Hall–Kier alpha value is -3.60. The molecule has 0 radical (unpaired) electrons. The lowest BCUT2D eigenvalue weighted by molar-refractivity contribution is -0.136. The van der Waals surface area contributed by atoms with E-state index in [0.29, 0.717) is 12.3 Å². The second-order valence-corrected chi connectivity index (χ2v) is 7.03. The number of H-pyrrole nitrogens is 1. The van der Waals surface area contributed by atoms with Gasteiger partial charge in [0.1, 0.15) is 17.2 Å². The number of alkyl halides is 3. The topological polar surface area (TPSA) is 109 Å². The van der Waals surface area contributed by atoms with Crippen molar-refractivity contribution in [3.05, 3.63) is 53.5 Å². The number of carbonyl (C=O) groups is 1. The van der Waals surface area contributed by atoms with Crippen LogP contribution in [0.3, 0.4) is 0 Å². The summed E-state index contributed by atoms with van der Waals surface area (Å²) in [6, 6.07) is 5.05. The number of halogens is 3. The van der Waals surface area contributed by atoms with Gasteiger partial charge in [-0.3, -0.25) is 9.78 Å². The Labute approximate surface area is 175 Å². The fourth-order valence-electron chi connectivity index (χ4n) is 2.95. The molecule has 3 rings (SSSR count). The van der Waals surface area contributed by atoms with Gasteiger partial charge < -0.3 is 25.7 Å². The first-order chi connectivity index (χ1) is 14.6. The highest BCUT2D eigenvalue weighted by molar-refractivity contribution is 6.04. The Bertz CT molecular complexity index is 1140. The number of hydrogen-bond acceptors (Lipinski definition) is 4. The van der Waals surface area contributed by atoms with Crippen LogP contribution in [0, 0.1) is 0 Å². The number of rotatable bonds is 5. The molecule has 2 heterocycles. The zero-order valence-electron chi connectivity index (χ0n) is 17.0. The van der Waals surface area contributed by atoms with Gasteiger partial charge >= 0.3 is 6.18 Å². The van der Waals surface area contributed by atoms with Crippen LogP contribution in [0.15, 0.2) is 41.7 Å². The third-order valence-corrected chi connectivity index (χ3v) is 4.23. The van der Waals surface area contributed by atoms with E-state index in [9.17, 15) is 18.0 Å². The highest BCUT2D eigenvalue weighted by Crippen LogP contribution is 2.39. The van der Waals surface area contributed by atoms with Gasteiger partial charge in [-0.05, 0) is 37.9 Å². The van der Waals surface area contributed by atoms with E-state index in [-0.39, 0.29) is 28.3 Å². The normalized spacial score (nSPS) is 12.4. The highest BCUT2D eigenvalue weighted by Gasteiger charge is 2.34. The predicted molar refractivity (Wildman–Crippen MR) is 110 cm³/mol. The monoisotopic (exact) mass is 434 g/mol. The average molecular weight is 434 g/mol. The molecule has 2 aromatic heterocycles. The van der Waals surface area contributed by atoms with Crippen LogP contribution in [0.4, 0.5) is 13.2 Å². The van der Waals surface area contributed by atoms with Crippen LogP contribution in [0.25, 0.3) is 10.9 Å².